The Morgan fingerprint density at radius 1 is 0.917 bits per heavy atom. The summed E-state index contributed by atoms with van der Waals surface area (Å²) in [6.45, 7) is 3.95. The lowest BCUT2D eigenvalue weighted by atomic mass is 10.1. The van der Waals surface area contributed by atoms with E-state index in [0.29, 0.717) is 28.6 Å². The number of rotatable bonds is 6. The van der Waals surface area contributed by atoms with Crippen molar-refractivity contribution < 1.29 is 23.7 Å². The topological polar surface area (TPSA) is 54.0 Å². The molecule has 2 aromatic rings. The first-order chi connectivity index (χ1) is 11.5. The van der Waals surface area contributed by atoms with Gasteiger partial charge in [0.1, 0.15) is 5.75 Å². The second-order valence-electron chi connectivity index (χ2n) is 5.26. The van der Waals surface area contributed by atoms with E-state index in [4.69, 9.17) is 18.9 Å². The maximum Gasteiger partial charge on any atom is 0.343 e. The molecule has 2 aromatic carbocycles. The van der Waals surface area contributed by atoms with Crippen LogP contribution in [0.15, 0.2) is 30.3 Å². The minimum Gasteiger partial charge on any atom is -0.493 e. The molecule has 24 heavy (non-hydrogen) atoms. The predicted octanol–water partition coefficient (Wildman–Crippen LogP) is 3.80. The average molecular weight is 330 g/mol. The first kappa shape index (κ1) is 17.7. The predicted molar refractivity (Wildman–Crippen MR) is 91.6 cm³/mol. The number of aryl methyl sites for hydroxylation is 2. The van der Waals surface area contributed by atoms with E-state index in [-0.39, 0.29) is 0 Å². The zero-order valence-corrected chi connectivity index (χ0v) is 14.6. The molecule has 0 aliphatic rings. The van der Waals surface area contributed by atoms with E-state index < -0.39 is 5.97 Å². The van der Waals surface area contributed by atoms with Gasteiger partial charge >= 0.3 is 5.97 Å². The minimum absolute atomic E-state index is 0.325. The molecular weight excluding hydrogens is 308 g/mol. The van der Waals surface area contributed by atoms with E-state index in [1.807, 2.05) is 25.1 Å². The van der Waals surface area contributed by atoms with Crippen molar-refractivity contribution in [2.24, 2.45) is 0 Å². The highest BCUT2D eigenvalue weighted by molar-refractivity contribution is 5.92. The van der Waals surface area contributed by atoms with Gasteiger partial charge in [-0.25, -0.2) is 4.79 Å². The molecule has 0 amide bonds. The van der Waals surface area contributed by atoms with Gasteiger partial charge in [0.2, 0.25) is 5.75 Å². The Morgan fingerprint density at radius 3 is 2.04 bits per heavy atom. The third kappa shape index (κ3) is 3.62. The van der Waals surface area contributed by atoms with Gasteiger partial charge in [-0.3, -0.25) is 0 Å². The van der Waals surface area contributed by atoms with Crippen molar-refractivity contribution in [2.75, 3.05) is 21.3 Å². The Balaban J connectivity index is 2.36. The Labute approximate surface area is 142 Å². The zero-order chi connectivity index (χ0) is 17.7. The summed E-state index contributed by atoms with van der Waals surface area (Å²) in [5.74, 6) is 1.31. The second kappa shape index (κ2) is 7.73. The number of ether oxygens (including phenoxy) is 4. The highest BCUT2D eigenvalue weighted by atomic mass is 16.5. The lowest BCUT2D eigenvalue weighted by molar-refractivity contribution is 0.0732. The van der Waals surface area contributed by atoms with E-state index in [2.05, 4.69) is 6.92 Å². The maximum atomic E-state index is 12.5. The van der Waals surface area contributed by atoms with Gasteiger partial charge in [-0.15, -0.1) is 0 Å². The fraction of sp³-hybridized carbons (Fsp3) is 0.316. The van der Waals surface area contributed by atoms with E-state index >= 15 is 0 Å². The quantitative estimate of drug-likeness (QED) is 0.595. The largest absolute Gasteiger partial charge is 0.493 e. The summed E-state index contributed by atoms with van der Waals surface area (Å²) in [7, 11) is 4.51. The lowest BCUT2D eigenvalue weighted by Gasteiger charge is -2.14. The van der Waals surface area contributed by atoms with Gasteiger partial charge in [0.25, 0.3) is 0 Å². The molecule has 0 spiro atoms. The van der Waals surface area contributed by atoms with Crippen molar-refractivity contribution in [3.8, 4) is 23.0 Å². The Kier molecular flexibility index (Phi) is 5.68. The summed E-state index contributed by atoms with van der Waals surface area (Å²) in [5.41, 5.74) is 2.33. The first-order valence-electron chi connectivity index (χ1n) is 7.65. The summed E-state index contributed by atoms with van der Waals surface area (Å²) >= 11 is 0. The summed E-state index contributed by atoms with van der Waals surface area (Å²) in [6, 6.07) is 8.99. The Hall–Kier alpha value is -2.69. The molecule has 5 nitrogen and oxygen atoms in total. The molecule has 0 fully saturated rings. The maximum absolute atomic E-state index is 12.5. The number of carbonyl (C=O) groups is 1. The molecule has 128 valence electrons. The van der Waals surface area contributed by atoms with Crippen molar-refractivity contribution in [2.45, 2.75) is 20.3 Å². The summed E-state index contributed by atoms with van der Waals surface area (Å²) in [5, 5.41) is 0. The molecule has 0 unspecified atom stereocenters. The molecule has 0 bridgehead atoms. The molecule has 0 aromatic heterocycles. The number of esters is 1. The molecule has 0 saturated heterocycles. The van der Waals surface area contributed by atoms with Crippen LogP contribution in [0.5, 0.6) is 23.0 Å². The molecule has 0 radical (unpaired) electrons. The summed E-state index contributed by atoms with van der Waals surface area (Å²) in [6.07, 6.45) is 0.870. The van der Waals surface area contributed by atoms with E-state index in [1.165, 1.54) is 21.3 Å². The standard InChI is InChI=1S/C19H22O5/c1-6-13-8-7-12(2)15(9-13)24-19(20)14-10-16(21-3)18(23-5)17(11-14)22-4/h7-11H,6H2,1-5H3. The molecule has 5 heteroatoms. The van der Waals surface area contributed by atoms with Crippen LogP contribution in [0.25, 0.3) is 0 Å². The van der Waals surface area contributed by atoms with E-state index in [9.17, 15) is 4.79 Å². The van der Waals surface area contributed by atoms with Crippen LogP contribution < -0.4 is 18.9 Å². The lowest BCUT2D eigenvalue weighted by Crippen LogP contribution is -2.10. The van der Waals surface area contributed by atoms with Crippen LogP contribution in [-0.4, -0.2) is 27.3 Å². The van der Waals surface area contributed by atoms with Gasteiger partial charge in [-0.2, -0.15) is 0 Å². The van der Waals surface area contributed by atoms with Gasteiger partial charge in [0.05, 0.1) is 26.9 Å². The number of benzene rings is 2. The van der Waals surface area contributed by atoms with Gasteiger partial charge < -0.3 is 18.9 Å². The fourth-order valence-electron chi connectivity index (χ4n) is 2.33. The van der Waals surface area contributed by atoms with Crippen LogP contribution in [-0.2, 0) is 6.42 Å². The van der Waals surface area contributed by atoms with Crippen molar-refractivity contribution >= 4 is 5.97 Å². The number of hydrogen-bond acceptors (Lipinski definition) is 5. The van der Waals surface area contributed by atoms with Crippen LogP contribution in [0, 0.1) is 6.92 Å². The van der Waals surface area contributed by atoms with Crippen LogP contribution in [0.4, 0.5) is 0 Å². The normalized spacial score (nSPS) is 10.2. The minimum atomic E-state index is -0.481. The molecule has 0 atom stereocenters. The highest BCUT2D eigenvalue weighted by Crippen LogP contribution is 2.38. The molecule has 2 rings (SSSR count). The van der Waals surface area contributed by atoms with Gasteiger partial charge in [0, 0.05) is 0 Å². The highest BCUT2D eigenvalue weighted by Gasteiger charge is 2.19. The number of methoxy groups -OCH3 is 3. The van der Waals surface area contributed by atoms with Gasteiger partial charge in [-0.05, 0) is 42.7 Å². The van der Waals surface area contributed by atoms with Crippen LogP contribution in [0.1, 0.15) is 28.4 Å². The molecule has 0 aliphatic heterocycles. The molecule has 0 aliphatic carbocycles. The molecule has 0 heterocycles. The summed E-state index contributed by atoms with van der Waals surface area (Å²) in [4.78, 5) is 12.5. The summed E-state index contributed by atoms with van der Waals surface area (Å²) < 4.78 is 21.3. The monoisotopic (exact) mass is 330 g/mol. The zero-order valence-electron chi connectivity index (χ0n) is 14.6. The van der Waals surface area contributed by atoms with Crippen molar-refractivity contribution in [3.05, 3.63) is 47.0 Å². The molecular formula is C19H22O5. The van der Waals surface area contributed by atoms with E-state index in [1.54, 1.807) is 12.1 Å². The third-order valence-electron chi connectivity index (χ3n) is 3.76. The fourth-order valence-corrected chi connectivity index (χ4v) is 2.33. The second-order valence-corrected chi connectivity index (χ2v) is 5.26. The van der Waals surface area contributed by atoms with Crippen molar-refractivity contribution in [3.63, 3.8) is 0 Å². The van der Waals surface area contributed by atoms with E-state index in [0.717, 1.165) is 17.5 Å². The molecule has 0 saturated carbocycles. The van der Waals surface area contributed by atoms with Crippen LogP contribution in [0.2, 0.25) is 0 Å². The van der Waals surface area contributed by atoms with Crippen LogP contribution in [0.3, 0.4) is 0 Å². The SMILES string of the molecule is CCc1ccc(C)c(OC(=O)c2cc(OC)c(OC)c(OC)c2)c1. The van der Waals surface area contributed by atoms with Crippen molar-refractivity contribution in [1.82, 2.24) is 0 Å². The van der Waals surface area contributed by atoms with Gasteiger partial charge in [0.15, 0.2) is 11.5 Å². The number of hydrogen-bond donors (Lipinski definition) is 0. The van der Waals surface area contributed by atoms with Gasteiger partial charge in [-0.1, -0.05) is 19.1 Å². The third-order valence-corrected chi connectivity index (χ3v) is 3.76. The number of carbonyl (C=O) groups excluding carboxylic acids is 1. The smallest absolute Gasteiger partial charge is 0.343 e. The van der Waals surface area contributed by atoms with Crippen molar-refractivity contribution in [1.29, 1.82) is 0 Å². The molecule has 0 N–H and O–H groups in total. The van der Waals surface area contributed by atoms with Crippen LogP contribution >= 0.6 is 0 Å². The average Bonchev–Trinajstić information content (AvgIpc) is 2.61. The Morgan fingerprint density at radius 2 is 1.54 bits per heavy atom. The Bertz CT molecular complexity index is 712. The first-order valence-corrected chi connectivity index (χ1v) is 7.65.